The van der Waals surface area contributed by atoms with E-state index in [1.165, 1.54) is 0 Å². The quantitative estimate of drug-likeness (QED) is 0.928. The predicted octanol–water partition coefficient (Wildman–Crippen LogP) is 2.04. The van der Waals surface area contributed by atoms with Gasteiger partial charge in [0.2, 0.25) is 0 Å². The summed E-state index contributed by atoms with van der Waals surface area (Å²) in [6.07, 6.45) is -0.360. The van der Waals surface area contributed by atoms with Crippen LogP contribution in [0.4, 0.5) is 4.79 Å². The molecule has 120 valence electrons. The molecule has 6 nitrogen and oxygen atoms in total. The van der Waals surface area contributed by atoms with E-state index in [1.54, 1.807) is 36.2 Å². The van der Waals surface area contributed by atoms with Crippen molar-refractivity contribution >= 4 is 12.0 Å². The van der Waals surface area contributed by atoms with Crippen molar-refractivity contribution in [1.29, 1.82) is 0 Å². The minimum atomic E-state index is -0.487. The van der Waals surface area contributed by atoms with Crippen molar-refractivity contribution < 1.29 is 19.1 Å². The van der Waals surface area contributed by atoms with Crippen LogP contribution in [-0.4, -0.2) is 48.7 Å². The lowest BCUT2D eigenvalue weighted by Crippen LogP contribution is -2.57. The maximum absolute atomic E-state index is 11.8. The lowest BCUT2D eigenvalue weighted by Gasteiger charge is -2.39. The molecule has 1 aliphatic heterocycles. The van der Waals surface area contributed by atoms with Gasteiger partial charge in [-0.05, 0) is 45.0 Å². The minimum Gasteiger partial charge on any atom is -0.487 e. The van der Waals surface area contributed by atoms with E-state index in [0.29, 0.717) is 24.4 Å². The van der Waals surface area contributed by atoms with Crippen LogP contribution in [0.3, 0.4) is 0 Å². The van der Waals surface area contributed by atoms with Gasteiger partial charge in [0.05, 0.1) is 13.1 Å². The highest BCUT2D eigenvalue weighted by Gasteiger charge is 2.35. The number of amides is 2. The second kappa shape index (κ2) is 6.25. The lowest BCUT2D eigenvalue weighted by atomic mass is 10.1. The zero-order chi connectivity index (χ0) is 16.3. The Morgan fingerprint density at radius 3 is 2.27 bits per heavy atom. The van der Waals surface area contributed by atoms with E-state index in [1.807, 2.05) is 20.8 Å². The summed E-state index contributed by atoms with van der Waals surface area (Å²) in [5.74, 6) is 0.549. The van der Waals surface area contributed by atoms with Crippen LogP contribution in [0.15, 0.2) is 24.3 Å². The Bertz CT molecular complexity index is 542. The van der Waals surface area contributed by atoms with Crippen LogP contribution in [0.1, 0.15) is 31.1 Å². The summed E-state index contributed by atoms with van der Waals surface area (Å²) in [6.45, 7) is 6.53. The third kappa shape index (κ3) is 4.13. The molecule has 0 spiro atoms. The SMILES string of the molecule is CNC(=O)c1ccc(OC2CN(C(=O)OC(C)(C)C)C2)cc1. The van der Waals surface area contributed by atoms with Crippen molar-refractivity contribution in [3.05, 3.63) is 29.8 Å². The smallest absolute Gasteiger partial charge is 0.410 e. The van der Waals surface area contributed by atoms with E-state index in [0.717, 1.165) is 0 Å². The number of nitrogens with one attached hydrogen (secondary N) is 1. The number of benzene rings is 1. The van der Waals surface area contributed by atoms with Gasteiger partial charge in [0.15, 0.2) is 0 Å². The van der Waals surface area contributed by atoms with Crippen molar-refractivity contribution in [2.75, 3.05) is 20.1 Å². The second-order valence-electron chi connectivity index (χ2n) is 6.23. The van der Waals surface area contributed by atoms with Gasteiger partial charge in [-0.2, -0.15) is 0 Å². The minimum absolute atomic E-state index is 0.0432. The summed E-state index contributed by atoms with van der Waals surface area (Å²) in [5.41, 5.74) is 0.0949. The van der Waals surface area contributed by atoms with Crippen LogP contribution in [0.25, 0.3) is 0 Å². The number of carbonyl (C=O) groups is 2. The third-order valence-electron chi connectivity index (χ3n) is 3.15. The van der Waals surface area contributed by atoms with E-state index in [-0.39, 0.29) is 18.1 Å². The van der Waals surface area contributed by atoms with Crippen molar-refractivity contribution in [2.45, 2.75) is 32.5 Å². The van der Waals surface area contributed by atoms with Crippen LogP contribution < -0.4 is 10.1 Å². The van der Waals surface area contributed by atoms with Gasteiger partial charge in [-0.25, -0.2) is 4.79 Å². The van der Waals surface area contributed by atoms with Gasteiger partial charge in [0, 0.05) is 12.6 Å². The van der Waals surface area contributed by atoms with Gasteiger partial charge >= 0.3 is 6.09 Å². The van der Waals surface area contributed by atoms with Crippen molar-refractivity contribution in [2.24, 2.45) is 0 Å². The number of hydrogen-bond acceptors (Lipinski definition) is 4. The lowest BCUT2D eigenvalue weighted by molar-refractivity contribution is -0.0221. The van der Waals surface area contributed by atoms with Gasteiger partial charge in [0.25, 0.3) is 5.91 Å². The van der Waals surface area contributed by atoms with E-state index in [9.17, 15) is 9.59 Å². The Balaban J connectivity index is 1.80. The molecule has 0 unspecified atom stereocenters. The summed E-state index contributed by atoms with van der Waals surface area (Å²) >= 11 is 0. The summed E-state index contributed by atoms with van der Waals surface area (Å²) in [5, 5.41) is 2.56. The van der Waals surface area contributed by atoms with Crippen LogP contribution in [0.2, 0.25) is 0 Å². The molecule has 1 saturated heterocycles. The fraction of sp³-hybridized carbons (Fsp3) is 0.500. The van der Waals surface area contributed by atoms with Crippen molar-refractivity contribution in [3.8, 4) is 5.75 Å². The van der Waals surface area contributed by atoms with E-state index in [2.05, 4.69) is 5.32 Å². The highest BCUT2D eigenvalue weighted by molar-refractivity contribution is 5.94. The molecule has 22 heavy (non-hydrogen) atoms. The molecule has 0 atom stereocenters. The molecule has 6 heteroatoms. The summed E-state index contributed by atoms with van der Waals surface area (Å²) in [4.78, 5) is 24.8. The Morgan fingerprint density at radius 2 is 1.77 bits per heavy atom. The first-order valence-electron chi connectivity index (χ1n) is 7.25. The monoisotopic (exact) mass is 306 g/mol. The topological polar surface area (TPSA) is 67.9 Å². The van der Waals surface area contributed by atoms with Gasteiger partial charge < -0.3 is 19.7 Å². The van der Waals surface area contributed by atoms with Crippen molar-refractivity contribution in [3.63, 3.8) is 0 Å². The molecular weight excluding hydrogens is 284 g/mol. The van der Waals surface area contributed by atoms with E-state index < -0.39 is 5.60 Å². The molecule has 0 bridgehead atoms. The molecule has 0 radical (unpaired) electrons. The number of carbonyl (C=O) groups excluding carboxylic acids is 2. The van der Waals surface area contributed by atoms with Crippen LogP contribution >= 0.6 is 0 Å². The third-order valence-corrected chi connectivity index (χ3v) is 3.15. The zero-order valence-electron chi connectivity index (χ0n) is 13.4. The number of nitrogens with zero attached hydrogens (tertiary/aromatic N) is 1. The molecule has 1 aliphatic rings. The van der Waals surface area contributed by atoms with Crippen LogP contribution in [0.5, 0.6) is 5.75 Å². The number of ether oxygens (including phenoxy) is 2. The first-order chi connectivity index (χ1) is 10.3. The Labute approximate surface area is 130 Å². The molecule has 1 aromatic rings. The predicted molar refractivity (Wildman–Crippen MR) is 82.1 cm³/mol. The Morgan fingerprint density at radius 1 is 1.18 bits per heavy atom. The average molecular weight is 306 g/mol. The highest BCUT2D eigenvalue weighted by atomic mass is 16.6. The number of likely N-dealkylation sites (tertiary alicyclic amines) is 1. The molecule has 1 N–H and O–H groups in total. The van der Waals surface area contributed by atoms with E-state index >= 15 is 0 Å². The summed E-state index contributed by atoms with van der Waals surface area (Å²) in [7, 11) is 1.59. The Kier molecular flexibility index (Phi) is 4.59. The van der Waals surface area contributed by atoms with Gasteiger partial charge in [-0.3, -0.25) is 4.79 Å². The normalized spacial score (nSPS) is 15.0. The molecule has 2 rings (SSSR count). The fourth-order valence-corrected chi connectivity index (χ4v) is 2.01. The molecular formula is C16H22N2O4. The second-order valence-corrected chi connectivity index (χ2v) is 6.23. The molecule has 0 saturated carbocycles. The molecule has 1 heterocycles. The molecule has 2 amide bonds. The van der Waals surface area contributed by atoms with Crippen LogP contribution in [-0.2, 0) is 4.74 Å². The molecule has 1 fully saturated rings. The maximum Gasteiger partial charge on any atom is 0.410 e. The average Bonchev–Trinajstić information content (AvgIpc) is 2.40. The summed E-state index contributed by atoms with van der Waals surface area (Å²) in [6, 6.07) is 6.92. The Hall–Kier alpha value is -2.24. The van der Waals surface area contributed by atoms with Crippen LogP contribution in [0, 0.1) is 0 Å². The maximum atomic E-state index is 11.8. The standard InChI is InChI=1S/C16H22N2O4/c1-16(2,3)22-15(20)18-9-13(10-18)21-12-7-5-11(6-8-12)14(19)17-4/h5-8,13H,9-10H2,1-4H3,(H,17,19). The number of rotatable bonds is 3. The van der Waals surface area contributed by atoms with Gasteiger partial charge in [0.1, 0.15) is 17.5 Å². The number of hydrogen-bond donors (Lipinski definition) is 1. The molecule has 0 aromatic heterocycles. The molecule has 1 aromatic carbocycles. The van der Waals surface area contributed by atoms with Crippen molar-refractivity contribution in [1.82, 2.24) is 10.2 Å². The fourth-order valence-electron chi connectivity index (χ4n) is 2.01. The van der Waals surface area contributed by atoms with Gasteiger partial charge in [-0.15, -0.1) is 0 Å². The van der Waals surface area contributed by atoms with Gasteiger partial charge in [-0.1, -0.05) is 0 Å². The summed E-state index contributed by atoms with van der Waals surface area (Å²) < 4.78 is 11.0. The van der Waals surface area contributed by atoms with E-state index in [4.69, 9.17) is 9.47 Å². The first kappa shape index (κ1) is 16.1. The highest BCUT2D eigenvalue weighted by Crippen LogP contribution is 2.20. The molecule has 0 aliphatic carbocycles. The zero-order valence-corrected chi connectivity index (χ0v) is 13.4. The first-order valence-corrected chi connectivity index (χ1v) is 7.25. The largest absolute Gasteiger partial charge is 0.487 e.